The van der Waals surface area contributed by atoms with Gasteiger partial charge in [-0.2, -0.15) is 0 Å². The van der Waals surface area contributed by atoms with E-state index in [-0.39, 0.29) is 15.5 Å². The molecule has 0 heterocycles. The predicted molar refractivity (Wildman–Crippen MR) is 78.6 cm³/mol. The minimum Gasteiger partial charge on any atom is -0.823 e. The minimum absolute atomic E-state index is 0.145. The highest BCUT2D eigenvalue weighted by Crippen LogP contribution is 2.29. The van der Waals surface area contributed by atoms with Gasteiger partial charge in [-0.15, -0.1) is 5.48 Å². The summed E-state index contributed by atoms with van der Waals surface area (Å²) in [6.07, 6.45) is 0. The molecule has 5 heteroatoms. The molecule has 92 valence electrons. The Kier molecular flexibility index (Phi) is 4.66. The van der Waals surface area contributed by atoms with Crippen LogP contribution in [0.15, 0.2) is 42.5 Å². The summed E-state index contributed by atoms with van der Waals surface area (Å²) in [7, 11) is 0.537. The normalized spacial score (nSPS) is 11.7. The first-order valence-electron chi connectivity index (χ1n) is 5.03. The van der Waals surface area contributed by atoms with Crippen LogP contribution in [-0.2, 0) is 0 Å². The van der Waals surface area contributed by atoms with Crippen LogP contribution >= 0.6 is 43.0 Å². The lowest BCUT2D eigenvalue weighted by molar-refractivity contribution is -0.206. The van der Waals surface area contributed by atoms with Crippen LogP contribution in [0.25, 0.3) is 0 Å². The Morgan fingerprint density at radius 3 is 2.06 bits per heavy atom. The van der Waals surface area contributed by atoms with Crippen molar-refractivity contribution in [1.82, 2.24) is 0 Å². The highest BCUT2D eigenvalue weighted by Gasteiger charge is 2.06. The molecule has 0 saturated heterocycles. The van der Waals surface area contributed by atoms with E-state index in [1.54, 1.807) is 0 Å². The van der Waals surface area contributed by atoms with Gasteiger partial charge in [0.15, 0.2) is 0 Å². The molecule has 2 aromatic rings. The van der Waals surface area contributed by atoms with Crippen molar-refractivity contribution in [1.29, 1.82) is 0 Å². The van der Waals surface area contributed by atoms with Gasteiger partial charge < -0.3 is 5.11 Å². The Bertz CT molecular complexity index is 573. The van der Waals surface area contributed by atoms with Crippen LogP contribution in [0, 0.1) is 0 Å². The van der Waals surface area contributed by atoms with Gasteiger partial charge in [0.25, 0.3) is 0 Å². The zero-order valence-electron chi connectivity index (χ0n) is 9.03. The van der Waals surface area contributed by atoms with Crippen LogP contribution in [0.2, 0.25) is 15.1 Å². The second-order valence-corrected chi connectivity index (χ2v) is 5.89. The first-order valence-corrected chi connectivity index (χ1v) is 7.06. The smallest absolute Gasteiger partial charge is 0.0501 e. The van der Waals surface area contributed by atoms with Crippen molar-refractivity contribution in [2.75, 3.05) is 0 Å². The summed E-state index contributed by atoms with van der Waals surface area (Å²) in [4.78, 5) is 0. The maximum Gasteiger partial charge on any atom is 0.0501 e. The van der Waals surface area contributed by atoms with Crippen LogP contribution in [-0.4, -0.2) is 5.48 Å². The summed E-state index contributed by atoms with van der Waals surface area (Å²) in [6, 6.07) is 12.4. The van der Waals surface area contributed by atoms with Gasteiger partial charge in [-0.1, -0.05) is 73.3 Å². The van der Waals surface area contributed by atoms with Gasteiger partial charge >= 0.3 is 0 Å². The van der Waals surface area contributed by atoms with Crippen LogP contribution in [0.1, 0.15) is 5.56 Å². The molecular formula is C13H7Cl3OP-. The van der Waals surface area contributed by atoms with Gasteiger partial charge in [-0.25, -0.2) is 0 Å². The number of hydrogen-bond donors (Lipinski definition) is 0. The Hall–Kier alpha value is -0.560. The Morgan fingerprint density at radius 1 is 0.944 bits per heavy atom. The number of rotatable bonds is 2. The average Bonchev–Trinajstić information content (AvgIpc) is 2.28. The topological polar surface area (TPSA) is 23.1 Å². The fraction of sp³-hybridized carbons (Fsp3) is 0. The first-order chi connectivity index (χ1) is 8.58. The quantitative estimate of drug-likeness (QED) is 0.774. The zero-order valence-corrected chi connectivity index (χ0v) is 12.2. The standard InChI is InChI=1S/C13H8Cl3OP/c14-8-6-10(15)12(11(16)7-8)13(17)18-9-4-2-1-3-5-9/h1-7,17H/p-1. The molecule has 1 nitrogen and oxygen atoms in total. The van der Waals surface area contributed by atoms with E-state index in [0.29, 0.717) is 18.8 Å². The molecule has 2 aromatic carbocycles. The highest BCUT2D eigenvalue weighted by atomic mass is 35.5. The monoisotopic (exact) mass is 315 g/mol. The van der Waals surface area contributed by atoms with E-state index >= 15 is 0 Å². The van der Waals surface area contributed by atoms with E-state index in [4.69, 9.17) is 34.8 Å². The second-order valence-electron chi connectivity index (χ2n) is 3.50. The molecule has 0 aliphatic carbocycles. The maximum atomic E-state index is 12.1. The molecule has 0 bridgehead atoms. The number of hydrogen-bond acceptors (Lipinski definition) is 1. The molecule has 0 atom stereocenters. The van der Waals surface area contributed by atoms with E-state index in [1.807, 2.05) is 30.3 Å². The summed E-state index contributed by atoms with van der Waals surface area (Å²) in [5, 5.41) is 14.0. The van der Waals surface area contributed by atoms with Crippen molar-refractivity contribution < 1.29 is 5.11 Å². The summed E-state index contributed by atoms with van der Waals surface area (Å²) in [6.45, 7) is 0. The molecule has 2 rings (SSSR count). The van der Waals surface area contributed by atoms with E-state index in [0.717, 1.165) is 5.30 Å². The van der Waals surface area contributed by atoms with Crippen LogP contribution in [0.4, 0.5) is 0 Å². The summed E-state index contributed by atoms with van der Waals surface area (Å²) in [5.41, 5.74) is 0.168. The highest BCUT2D eigenvalue weighted by molar-refractivity contribution is 7.49. The van der Waals surface area contributed by atoms with Gasteiger partial charge in [0.05, 0.1) is 10.0 Å². The predicted octanol–water partition coefficient (Wildman–Crippen LogP) is 3.76. The third-order valence-electron chi connectivity index (χ3n) is 2.21. The molecule has 0 unspecified atom stereocenters. The number of halogens is 3. The van der Waals surface area contributed by atoms with Gasteiger partial charge in [0, 0.05) is 15.9 Å². The average molecular weight is 317 g/mol. The molecule has 0 spiro atoms. The van der Waals surface area contributed by atoms with Crippen molar-refractivity contribution in [3.8, 4) is 0 Å². The Morgan fingerprint density at radius 2 is 1.50 bits per heavy atom. The molecule has 18 heavy (non-hydrogen) atoms. The lowest BCUT2D eigenvalue weighted by Crippen LogP contribution is -2.18. The molecule has 0 amide bonds. The molecule has 0 saturated carbocycles. The molecular weight excluding hydrogens is 309 g/mol. The van der Waals surface area contributed by atoms with E-state index in [9.17, 15) is 5.11 Å². The van der Waals surface area contributed by atoms with Crippen LogP contribution < -0.4 is 10.4 Å². The van der Waals surface area contributed by atoms with Crippen molar-refractivity contribution in [2.24, 2.45) is 0 Å². The molecule has 0 aromatic heterocycles. The van der Waals surface area contributed by atoms with Gasteiger partial charge in [0.1, 0.15) is 0 Å². The third-order valence-corrected chi connectivity index (χ3v) is 4.01. The zero-order chi connectivity index (χ0) is 13.1. The fourth-order valence-electron chi connectivity index (χ4n) is 1.42. The minimum atomic E-state index is -0.145. The first kappa shape index (κ1) is 13.9. The summed E-state index contributed by atoms with van der Waals surface area (Å²) < 4.78 is 0. The van der Waals surface area contributed by atoms with Crippen LogP contribution in [0.5, 0.6) is 0 Å². The van der Waals surface area contributed by atoms with Crippen LogP contribution in [0.3, 0.4) is 0 Å². The third kappa shape index (κ3) is 3.26. The van der Waals surface area contributed by atoms with Crippen molar-refractivity contribution >= 4 is 53.8 Å². The van der Waals surface area contributed by atoms with Crippen molar-refractivity contribution in [2.45, 2.75) is 0 Å². The lowest BCUT2D eigenvalue weighted by atomic mass is 10.2. The van der Waals surface area contributed by atoms with Crippen molar-refractivity contribution in [3.63, 3.8) is 0 Å². The number of benzene rings is 2. The summed E-state index contributed by atoms with van der Waals surface area (Å²) in [5.74, 6) is 0. The van der Waals surface area contributed by atoms with E-state index in [2.05, 4.69) is 0 Å². The SMILES string of the molecule is [O-]C(=Pc1ccccc1)c1c(Cl)cc(Cl)cc1Cl. The van der Waals surface area contributed by atoms with Crippen molar-refractivity contribution in [3.05, 3.63) is 63.1 Å². The molecule has 0 aliphatic heterocycles. The second kappa shape index (κ2) is 6.06. The molecule has 0 radical (unpaired) electrons. The molecule has 0 fully saturated rings. The largest absolute Gasteiger partial charge is 0.823 e. The molecule has 0 aliphatic rings. The van der Waals surface area contributed by atoms with E-state index < -0.39 is 0 Å². The van der Waals surface area contributed by atoms with Gasteiger partial charge in [-0.05, 0) is 12.1 Å². The Balaban J connectivity index is 2.47. The molecule has 0 N–H and O–H groups in total. The lowest BCUT2D eigenvalue weighted by Gasteiger charge is -2.15. The Labute approximate surface area is 122 Å². The maximum absolute atomic E-state index is 12.1. The van der Waals surface area contributed by atoms with Gasteiger partial charge in [-0.3, -0.25) is 0 Å². The summed E-state index contributed by atoms with van der Waals surface area (Å²) >= 11 is 17.8. The van der Waals surface area contributed by atoms with Gasteiger partial charge in [0.2, 0.25) is 0 Å². The fourth-order valence-corrected chi connectivity index (χ4v) is 3.45. The van der Waals surface area contributed by atoms with E-state index in [1.165, 1.54) is 12.1 Å².